The first-order valence-electron chi connectivity index (χ1n) is 11.9. The van der Waals surface area contributed by atoms with Crippen LogP contribution >= 0.6 is 23.2 Å². The normalized spacial score (nSPS) is 18.1. The van der Waals surface area contributed by atoms with Gasteiger partial charge in [-0.3, -0.25) is 9.69 Å². The Hall–Kier alpha value is -2.01. The Bertz CT molecular complexity index is 1250. The van der Waals surface area contributed by atoms with Gasteiger partial charge in [0.1, 0.15) is 11.6 Å². The summed E-state index contributed by atoms with van der Waals surface area (Å²) in [5, 5.41) is 0.602. The lowest BCUT2D eigenvalue weighted by molar-refractivity contribution is 0.00318. The Balaban J connectivity index is 1.41. The summed E-state index contributed by atoms with van der Waals surface area (Å²) in [5.41, 5.74) is 0.673. The molecule has 1 saturated heterocycles. The first-order valence-corrected chi connectivity index (χ1v) is 14.5. The van der Waals surface area contributed by atoms with Crippen molar-refractivity contribution in [3.05, 3.63) is 62.9 Å². The molecule has 1 aliphatic carbocycles. The molecule has 202 valence electrons. The van der Waals surface area contributed by atoms with Crippen LogP contribution in [0.15, 0.2) is 30.3 Å². The maximum absolute atomic E-state index is 14.7. The van der Waals surface area contributed by atoms with E-state index >= 15 is 0 Å². The van der Waals surface area contributed by atoms with E-state index in [-0.39, 0.29) is 24.0 Å². The summed E-state index contributed by atoms with van der Waals surface area (Å²) in [4.78, 5) is 13.9. The van der Waals surface area contributed by atoms with Crippen molar-refractivity contribution >= 4 is 39.1 Å². The van der Waals surface area contributed by atoms with Crippen molar-refractivity contribution in [2.45, 2.75) is 44.1 Å². The van der Waals surface area contributed by atoms with Crippen LogP contribution in [-0.2, 0) is 10.0 Å². The van der Waals surface area contributed by atoms with Crippen molar-refractivity contribution in [2.75, 3.05) is 26.0 Å². The fraction of sp³-hybridized carbons (Fsp3) is 0.480. The summed E-state index contributed by atoms with van der Waals surface area (Å²) in [7, 11) is -3.84. The molecule has 1 saturated carbocycles. The zero-order valence-electron chi connectivity index (χ0n) is 20.0. The second-order valence-electron chi connectivity index (χ2n) is 9.62. The summed E-state index contributed by atoms with van der Waals surface area (Å²) in [5.74, 6) is -1.41. The number of rotatable bonds is 9. The monoisotopic (exact) mass is 578 g/mol. The third-order valence-electron chi connectivity index (χ3n) is 6.62. The molecule has 1 atom stereocenters. The summed E-state index contributed by atoms with van der Waals surface area (Å²) in [6.45, 7) is 1.10. The van der Waals surface area contributed by atoms with Crippen LogP contribution in [0.25, 0.3) is 0 Å². The van der Waals surface area contributed by atoms with E-state index in [9.17, 15) is 26.4 Å². The molecule has 2 aromatic rings. The van der Waals surface area contributed by atoms with E-state index in [1.165, 1.54) is 24.3 Å². The van der Waals surface area contributed by atoms with Gasteiger partial charge in [-0.05, 0) is 86.0 Å². The SMILES string of the molecule is CS(=O)(=O)NC(=O)c1cc(C2CC2)c(OCC2CCN(C(c3cc(Cl)cc(Cl)c3)C(F)F)CC2)cc1F. The van der Waals surface area contributed by atoms with E-state index < -0.39 is 34.2 Å². The zero-order chi connectivity index (χ0) is 26.9. The Morgan fingerprint density at radius 2 is 1.70 bits per heavy atom. The quantitative estimate of drug-likeness (QED) is 0.407. The van der Waals surface area contributed by atoms with E-state index in [0.717, 1.165) is 25.2 Å². The Kier molecular flexibility index (Phi) is 8.62. The van der Waals surface area contributed by atoms with Gasteiger partial charge in [-0.15, -0.1) is 0 Å². The molecule has 1 aliphatic heterocycles. The summed E-state index contributed by atoms with van der Waals surface area (Å²) in [6, 6.07) is 5.87. The predicted octanol–water partition coefficient (Wildman–Crippen LogP) is 5.80. The molecule has 1 amide bonds. The van der Waals surface area contributed by atoms with Gasteiger partial charge in [-0.2, -0.15) is 0 Å². The lowest BCUT2D eigenvalue weighted by Crippen LogP contribution is -2.40. The summed E-state index contributed by atoms with van der Waals surface area (Å²) < 4.78 is 73.2. The molecular weight excluding hydrogens is 552 g/mol. The number of ether oxygens (including phenoxy) is 1. The van der Waals surface area contributed by atoms with Crippen LogP contribution in [0.3, 0.4) is 0 Å². The number of piperidine rings is 1. The average Bonchev–Trinajstić information content (AvgIpc) is 3.62. The number of benzene rings is 2. The largest absolute Gasteiger partial charge is 0.493 e. The van der Waals surface area contributed by atoms with E-state index in [2.05, 4.69) is 0 Å². The molecule has 0 bridgehead atoms. The highest BCUT2D eigenvalue weighted by Crippen LogP contribution is 2.45. The van der Waals surface area contributed by atoms with Gasteiger partial charge in [-0.1, -0.05) is 23.2 Å². The van der Waals surface area contributed by atoms with Crippen LogP contribution in [0.4, 0.5) is 13.2 Å². The number of nitrogens with one attached hydrogen (secondary N) is 1. The minimum absolute atomic E-state index is 0.0702. The van der Waals surface area contributed by atoms with Crippen molar-refractivity contribution in [3.63, 3.8) is 0 Å². The minimum Gasteiger partial charge on any atom is -0.493 e. The van der Waals surface area contributed by atoms with Gasteiger partial charge < -0.3 is 4.74 Å². The molecule has 2 fully saturated rings. The molecule has 1 N–H and O–H groups in total. The van der Waals surface area contributed by atoms with Gasteiger partial charge in [0.25, 0.3) is 12.3 Å². The van der Waals surface area contributed by atoms with Gasteiger partial charge in [0, 0.05) is 16.1 Å². The van der Waals surface area contributed by atoms with Crippen LogP contribution in [0.1, 0.15) is 59.1 Å². The van der Waals surface area contributed by atoms with E-state index in [1.807, 2.05) is 0 Å². The van der Waals surface area contributed by atoms with Crippen LogP contribution in [0.5, 0.6) is 5.75 Å². The van der Waals surface area contributed by atoms with Gasteiger partial charge in [-0.25, -0.2) is 26.3 Å². The molecule has 12 heteroatoms. The topological polar surface area (TPSA) is 75.7 Å². The third-order valence-corrected chi connectivity index (χ3v) is 7.61. The Morgan fingerprint density at radius 3 is 2.24 bits per heavy atom. The molecule has 4 rings (SSSR count). The number of hydrogen-bond acceptors (Lipinski definition) is 5. The predicted molar refractivity (Wildman–Crippen MR) is 136 cm³/mol. The fourth-order valence-corrected chi connectivity index (χ4v) is 5.66. The first-order chi connectivity index (χ1) is 17.4. The number of sulfonamides is 1. The Morgan fingerprint density at radius 1 is 1.08 bits per heavy atom. The maximum Gasteiger partial charge on any atom is 0.267 e. The van der Waals surface area contributed by atoms with Crippen molar-refractivity contribution in [3.8, 4) is 5.75 Å². The number of likely N-dealkylation sites (tertiary alicyclic amines) is 1. The molecule has 6 nitrogen and oxygen atoms in total. The van der Waals surface area contributed by atoms with E-state index in [1.54, 1.807) is 9.62 Å². The fourth-order valence-electron chi connectivity index (χ4n) is 4.67. The lowest BCUT2D eigenvalue weighted by atomic mass is 9.94. The average molecular weight is 579 g/mol. The van der Waals surface area contributed by atoms with E-state index in [0.29, 0.717) is 52.9 Å². The number of nitrogens with zero attached hydrogens (tertiary/aromatic N) is 1. The van der Waals surface area contributed by atoms with E-state index in [4.69, 9.17) is 27.9 Å². The number of carbonyl (C=O) groups is 1. The van der Waals surface area contributed by atoms with Crippen LogP contribution in [0, 0.1) is 11.7 Å². The molecule has 37 heavy (non-hydrogen) atoms. The zero-order valence-corrected chi connectivity index (χ0v) is 22.4. The second-order valence-corrected chi connectivity index (χ2v) is 12.2. The Labute approximate surface area is 224 Å². The smallest absolute Gasteiger partial charge is 0.267 e. The van der Waals surface area contributed by atoms with Gasteiger partial charge in [0.15, 0.2) is 0 Å². The van der Waals surface area contributed by atoms with Crippen molar-refractivity contribution in [1.29, 1.82) is 0 Å². The molecule has 2 aliphatic rings. The minimum atomic E-state index is -3.84. The third kappa shape index (κ3) is 7.31. The highest BCUT2D eigenvalue weighted by Gasteiger charge is 2.34. The lowest BCUT2D eigenvalue weighted by Gasteiger charge is -2.37. The van der Waals surface area contributed by atoms with Gasteiger partial charge in [0.2, 0.25) is 10.0 Å². The van der Waals surface area contributed by atoms with Crippen molar-refractivity contribution in [1.82, 2.24) is 9.62 Å². The van der Waals surface area contributed by atoms with Crippen LogP contribution in [-0.4, -0.2) is 51.6 Å². The summed E-state index contributed by atoms with van der Waals surface area (Å²) >= 11 is 12.1. The standard InChI is InChI=1S/C25H27Cl2F3N2O4S/c1-37(34,35)31-25(33)20-11-19(15-2-3-15)22(12-21(20)28)36-13-14-4-6-32(7-5-14)23(24(29)30)16-8-17(26)10-18(27)9-16/h8-12,14-15,23-24H,2-7,13H2,1H3,(H,31,33). The molecule has 0 spiro atoms. The molecular formula is C25H27Cl2F3N2O4S. The number of hydrogen-bond donors (Lipinski definition) is 1. The number of halogens is 5. The summed E-state index contributed by atoms with van der Waals surface area (Å²) in [6.07, 6.45) is 1.12. The number of alkyl halides is 2. The highest BCUT2D eigenvalue weighted by atomic mass is 35.5. The molecule has 1 unspecified atom stereocenters. The highest BCUT2D eigenvalue weighted by molar-refractivity contribution is 7.89. The number of carbonyl (C=O) groups excluding carboxylic acids is 1. The van der Waals surface area contributed by atoms with Gasteiger partial charge in [0.05, 0.1) is 24.5 Å². The molecule has 0 aromatic heterocycles. The molecule has 0 radical (unpaired) electrons. The first kappa shape index (κ1) is 28.0. The van der Waals surface area contributed by atoms with Crippen LogP contribution in [0.2, 0.25) is 10.0 Å². The van der Waals surface area contributed by atoms with Crippen molar-refractivity contribution in [2.24, 2.45) is 5.92 Å². The molecule has 1 heterocycles. The number of amides is 1. The van der Waals surface area contributed by atoms with Gasteiger partial charge >= 0.3 is 0 Å². The second kappa shape index (κ2) is 11.4. The molecule has 2 aromatic carbocycles. The maximum atomic E-state index is 14.7. The van der Waals surface area contributed by atoms with Crippen LogP contribution < -0.4 is 9.46 Å². The van der Waals surface area contributed by atoms with Crippen molar-refractivity contribution < 1.29 is 31.1 Å².